The van der Waals surface area contributed by atoms with Crippen LogP contribution < -0.4 is 3.53 Å². The molecule has 0 aliphatic carbocycles. The summed E-state index contributed by atoms with van der Waals surface area (Å²) in [4.78, 5) is 3.19. The average molecular weight is 288 g/mol. The molecule has 1 aromatic rings. The lowest BCUT2D eigenvalue weighted by atomic mass is 10.3. The van der Waals surface area contributed by atoms with E-state index in [4.69, 9.17) is 0 Å². The van der Waals surface area contributed by atoms with Crippen LogP contribution in [-0.2, 0) is 6.18 Å². The molecular formula is C6H4F3IN2. The molecule has 0 aliphatic rings. The van der Waals surface area contributed by atoms with Gasteiger partial charge >= 0.3 is 6.18 Å². The van der Waals surface area contributed by atoms with E-state index in [1.807, 2.05) is 0 Å². The molecule has 66 valence electrons. The minimum Gasteiger partial charge on any atom is -0.328 e. The number of halogens is 4. The average Bonchev–Trinajstić information content (AvgIpc) is 2.03. The lowest BCUT2D eigenvalue weighted by Gasteiger charge is -2.05. The monoisotopic (exact) mass is 288 g/mol. The largest absolute Gasteiger partial charge is 0.433 e. The number of alkyl halides is 3. The Bertz CT molecular complexity index is 274. The molecule has 0 unspecified atom stereocenters. The number of rotatable bonds is 1. The van der Waals surface area contributed by atoms with Crippen LogP contribution in [0.1, 0.15) is 5.69 Å². The summed E-state index contributed by atoms with van der Waals surface area (Å²) < 4.78 is 38.6. The lowest BCUT2D eigenvalue weighted by Crippen LogP contribution is -2.07. The fraction of sp³-hybridized carbons (Fsp3) is 0.167. The molecule has 2 nitrogen and oxygen atoms in total. The van der Waals surface area contributed by atoms with Crippen molar-refractivity contribution in [2.75, 3.05) is 3.53 Å². The molecule has 1 N–H and O–H groups in total. The number of hydrogen-bond donors (Lipinski definition) is 1. The van der Waals surface area contributed by atoms with Crippen LogP contribution in [0.15, 0.2) is 18.3 Å². The van der Waals surface area contributed by atoms with E-state index in [9.17, 15) is 13.2 Å². The van der Waals surface area contributed by atoms with Crippen LogP contribution in [0, 0.1) is 0 Å². The standard InChI is InChI=1S/C6H4F3IN2/c7-6(8,9)5-3-4(12-10)1-2-11-5/h1-3H,(H,11,12). The summed E-state index contributed by atoms with van der Waals surface area (Å²) in [7, 11) is 0. The summed E-state index contributed by atoms with van der Waals surface area (Å²) in [5, 5.41) is 0. The predicted octanol–water partition coefficient (Wildman–Crippen LogP) is 2.86. The van der Waals surface area contributed by atoms with E-state index in [0.717, 1.165) is 12.3 Å². The molecule has 1 aromatic heterocycles. The summed E-state index contributed by atoms with van der Waals surface area (Å²) in [6.07, 6.45) is -3.26. The predicted molar refractivity (Wildman–Crippen MR) is 46.9 cm³/mol. The second kappa shape index (κ2) is 3.46. The zero-order chi connectivity index (χ0) is 9.19. The van der Waals surface area contributed by atoms with Crippen LogP contribution in [0.25, 0.3) is 0 Å². The third kappa shape index (κ3) is 2.23. The van der Waals surface area contributed by atoms with Crippen LogP contribution in [0.4, 0.5) is 18.9 Å². The van der Waals surface area contributed by atoms with Gasteiger partial charge in [0.2, 0.25) is 0 Å². The molecule has 0 saturated heterocycles. The molecule has 0 fully saturated rings. The first-order valence-electron chi connectivity index (χ1n) is 2.94. The first-order valence-corrected chi connectivity index (χ1v) is 4.02. The number of nitrogens with zero attached hydrogens (tertiary/aromatic N) is 1. The molecular weight excluding hydrogens is 284 g/mol. The van der Waals surface area contributed by atoms with Gasteiger partial charge in [-0.15, -0.1) is 0 Å². The van der Waals surface area contributed by atoms with Crippen molar-refractivity contribution < 1.29 is 13.2 Å². The summed E-state index contributed by atoms with van der Waals surface area (Å²) in [5.41, 5.74) is -0.498. The fourth-order valence-electron chi connectivity index (χ4n) is 0.644. The second-order valence-electron chi connectivity index (χ2n) is 2.02. The third-order valence-corrected chi connectivity index (χ3v) is 1.78. The first kappa shape index (κ1) is 9.56. The Morgan fingerprint density at radius 3 is 2.58 bits per heavy atom. The topological polar surface area (TPSA) is 24.9 Å². The molecule has 1 heterocycles. The third-order valence-electron chi connectivity index (χ3n) is 1.16. The molecule has 0 atom stereocenters. The Morgan fingerprint density at radius 1 is 1.42 bits per heavy atom. The second-order valence-corrected chi connectivity index (χ2v) is 2.56. The molecule has 0 aromatic carbocycles. The number of anilines is 1. The highest BCUT2D eigenvalue weighted by Gasteiger charge is 2.32. The number of pyridine rings is 1. The van der Waals surface area contributed by atoms with Gasteiger partial charge in [0.15, 0.2) is 0 Å². The van der Waals surface area contributed by atoms with Crippen molar-refractivity contribution in [1.82, 2.24) is 4.98 Å². The Balaban J connectivity index is 3.02. The minimum absolute atomic E-state index is 0.387. The van der Waals surface area contributed by atoms with E-state index in [1.54, 1.807) is 22.9 Å². The maximum absolute atomic E-state index is 12.0. The minimum atomic E-state index is -4.37. The van der Waals surface area contributed by atoms with Gasteiger partial charge in [-0.05, 0) is 12.1 Å². The summed E-state index contributed by atoms with van der Waals surface area (Å²) >= 11 is 1.75. The summed E-state index contributed by atoms with van der Waals surface area (Å²) in [6.45, 7) is 0. The van der Waals surface area contributed by atoms with Crippen molar-refractivity contribution in [2.24, 2.45) is 0 Å². The normalized spacial score (nSPS) is 11.3. The molecule has 12 heavy (non-hydrogen) atoms. The van der Waals surface area contributed by atoms with Gasteiger partial charge < -0.3 is 3.53 Å². The molecule has 0 bridgehead atoms. The van der Waals surface area contributed by atoms with Gasteiger partial charge in [0.1, 0.15) is 5.69 Å². The van der Waals surface area contributed by atoms with E-state index in [2.05, 4.69) is 8.51 Å². The number of aromatic nitrogens is 1. The van der Waals surface area contributed by atoms with Gasteiger partial charge in [0, 0.05) is 11.9 Å². The zero-order valence-electron chi connectivity index (χ0n) is 5.69. The first-order chi connectivity index (χ1) is 5.54. The maximum Gasteiger partial charge on any atom is 0.433 e. The van der Waals surface area contributed by atoms with Crippen molar-refractivity contribution >= 4 is 28.6 Å². The van der Waals surface area contributed by atoms with Crippen LogP contribution in [-0.4, -0.2) is 4.98 Å². The van der Waals surface area contributed by atoms with E-state index < -0.39 is 11.9 Å². The van der Waals surface area contributed by atoms with Crippen molar-refractivity contribution in [3.63, 3.8) is 0 Å². The van der Waals surface area contributed by atoms with Crippen LogP contribution in [0.2, 0.25) is 0 Å². The maximum atomic E-state index is 12.0. The van der Waals surface area contributed by atoms with E-state index in [-0.39, 0.29) is 0 Å². The van der Waals surface area contributed by atoms with Crippen molar-refractivity contribution in [3.05, 3.63) is 24.0 Å². The summed E-state index contributed by atoms with van der Waals surface area (Å²) in [6, 6.07) is 2.41. The Labute approximate surface area is 80.7 Å². The van der Waals surface area contributed by atoms with Gasteiger partial charge in [-0.25, -0.2) is 0 Å². The SMILES string of the molecule is FC(F)(F)c1cc(NI)ccn1. The van der Waals surface area contributed by atoms with Crippen LogP contribution in [0.5, 0.6) is 0 Å². The van der Waals surface area contributed by atoms with Gasteiger partial charge in [-0.1, -0.05) is 0 Å². The summed E-state index contributed by atoms with van der Waals surface area (Å²) in [5.74, 6) is 0. The lowest BCUT2D eigenvalue weighted by molar-refractivity contribution is -0.141. The van der Waals surface area contributed by atoms with Gasteiger partial charge in [0.25, 0.3) is 0 Å². The molecule has 0 radical (unpaired) electrons. The highest BCUT2D eigenvalue weighted by atomic mass is 127. The van der Waals surface area contributed by atoms with Crippen LogP contribution >= 0.6 is 22.9 Å². The quantitative estimate of drug-likeness (QED) is 0.635. The van der Waals surface area contributed by atoms with E-state index in [1.165, 1.54) is 6.07 Å². The Morgan fingerprint density at radius 2 is 2.08 bits per heavy atom. The molecule has 0 aliphatic heterocycles. The Hall–Kier alpha value is -0.530. The van der Waals surface area contributed by atoms with Gasteiger partial charge in [-0.3, -0.25) is 4.98 Å². The van der Waals surface area contributed by atoms with Crippen molar-refractivity contribution in [2.45, 2.75) is 6.18 Å². The van der Waals surface area contributed by atoms with Crippen LogP contribution in [0.3, 0.4) is 0 Å². The zero-order valence-corrected chi connectivity index (χ0v) is 7.85. The molecule has 6 heteroatoms. The molecule has 0 amide bonds. The highest BCUT2D eigenvalue weighted by molar-refractivity contribution is 14.1. The Kier molecular flexibility index (Phi) is 2.76. The fourth-order valence-corrected chi connectivity index (χ4v) is 0.980. The van der Waals surface area contributed by atoms with E-state index in [0.29, 0.717) is 5.69 Å². The van der Waals surface area contributed by atoms with E-state index >= 15 is 0 Å². The number of nitrogens with one attached hydrogen (secondary N) is 1. The molecule has 0 spiro atoms. The van der Waals surface area contributed by atoms with Crippen molar-refractivity contribution in [3.8, 4) is 0 Å². The smallest absolute Gasteiger partial charge is 0.328 e. The molecule has 0 saturated carbocycles. The van der Waals surface area contributed by atoms with Gasteiger partial charge in [-0.2, -0.15) is 13.2 Å². The van der Waals surface area contributed by atoms with Crippen molar-refractivity contribution in [1.29, 1.82) is 0 Å². The van der Waals surface area contributed by atoms with Gasteiger partial charge in [0.05, 0.1) is 22.9 Å². The molecule has 1 rings (SSSR count). The number of hydrogen-bond acceptors (Lipinski definition) is 2. The highest BCUT2D eigenvalue weighted by Crippen LogP contribution is 2.28.